The molecule has 0 radical (unpaired) electrons. The molecule has 5 heterocycles. The molecule has 0 bridgehead atoms. The Kier molecular flexibility index (Phi) is 7.52. The van der Waals surface area contributed by atoms with Gasteiger partial charge in [0.1, 0.15) is 5.69 Å². The highest BCUT2D eigenvalue weighted by molar-refractivity contribution is 7.18. The lowest BCUT2D eigenvalue weighted by Gasteiger charge is -2.37. The second-order valence-corrected chi connectivity index (χ2v) is 13.1. The molecule has 11 heteroatoms. The number of fused-ring (bicyclic) bond motifs is 1. The molecular weight excluding hydrogens is 581 g/mol. The fourth-order valence-corrected chi connectivity index (χ4v) is 7.35. The van der Waals surface area contributed by atoms with Gasteiger partial charge in [-0.25, -0.2) is 4.98 Å². The molecule has 3 amide bonds. The van der Waals surface area contributed by atoms with Gasteiger partial charge in [-0.2, -0.15) is 0 Å². The van der Waals surface area contributed by atoms with Crippen molar-refractivity contribution in [3.05, 3.63) is 94.1 Å². The van der Waals surface area contributed by atoms with Crippen molar-refractivity contribution in [1.82, 2.24) is 25.5 Å². The number of nitrogens with one attached hydrogen (secondary N) is 4. The van der Waals surface area contributed by atoms with Gasteiger partial charge in [0, 0.05) is 42.7 Å². The number of para-hydroxylation sites is 1. The zero-order valence-corrected chi connectivity index (χ0v) is 24.9. The van der Waals surface area contributed by atoms with Crippen molar-refractivity contribution in [2.45, 2.75) is 31.3 Å². The third-order valence-corrected chi connectivity index (χ3v) is 10.1. The Morgan fingerprint density at radius 3 is 2.63 bits per heavy atom. The van der Waals surface area contributed by atoms with Gasteiger partial charge >= 0.3 is 0 Å². The average molecular weight is 611 g/mol. The number of likely N-dealkylation sites (tertiary alicyclic amines) is 1. The minimum atomic E-state index is -0.150. The van der Waals surface area contributed by atoms with Gasteiger partial charge < -0.3 is 25.8 Å². The highest BCUT2D eigenvalue weighted by Gasteiger charge is 2.35. The van der Waals surface area contributed by atoms with Crippen LogP contribution in [0, 0.1) is 0 Å². The van der Waals surface area contributed by atoms with E-state index < -0.39 is 0 Å². The quantitative estimate of drug-likeness (QED) is 0.192. The van der Waals surface area contributed by atoms with E-state index >= 15 is 0 Å². The molecule has 2 saturated heterocycles. The highest BCUT2D eigenvalue weighted by Crippen LogP contribution is 2.36. The summed E-state index contributed by atoms with van der Waals surface area (Å²) in [6.45, 7) is 2.56. The molecule has 0 spiro atoms. The number of carbonyl (C=O) groups excluding carboxylic acids is 3. The summed E-state index contributed by atoms with van der Waals surface area (Å²) in [6.07, 6.45) is 3.74. The molecule has 4 N–H and O–H groups in total. The summed E-state index contributed by atoms with van der Waals surface area (Å²) in [4.78, 5) is 49.3. The fraction of sp³-hybridized carbons (Fsp3) is 0.250. The molecule has 0 saturated carbocycles. The van der Waals surface area contributed by atoms with Crippen LogP contribution in [0.3, 0.4) is 0 Å². The summed E-state index contributed by atoms with van der Waals surface area (Å²) in [6, 6.07) is 21.3. The van der Waals surface area contributed by atoms with Crippen LogP contribution in [0.2, 0.25) is 0 Å². The normalized spacial score (nSPS) is 16.7. The number of rotatable bonds is 8. The van der Waals surface area contributed by atoms with Crippen LogP contribution in [0.15, 0.2) is 72.9 Å². The summed E-state index contributed by atoms with van der Waals surface area (Å²) >= 11 is 2.97. The van der Waals surface area contributed by atoms with E-state index in [1.54, 1.807) is 23.5 Å². The monoisotopic (exact) mass is 610 g/mol. The summed E-state index contributed by atoms with van der Waals surface area (Å²) < 4.78 is 0. The number of aromatic nitrogens is 2. The Labute approximate surface area is 256 Å². The van der Waals surface area contributed by atoms with Crippen LogP contribution < -0.4 is 16.0 Å². The number of anilines is 1. The predicted molar refractivity (Wildman–Crippen MR) is 170 cm³/mol. The first-order chi connectivity index (χ1) is 21.0. The van der Waals surface area contributed by atoms with Crippen LogP contribution in [0.1, 0.15) is 49.5 Å². The molecule has 1 atom stereocenters. The van der Waals surface area contributed by atoms with Gasteiger partial charge in [-0.1, -0.05) is 42.5 Å². The Morgan fingerprint density at radius 2 is 1.84 bits per heavy atom. The van der Waals surface area contributed by atoms with E-state index in [1.807, 2.05) is 65.7 Å². The number of benzene rings is 2. The molecule has 9 nitrogen and oxygen atoms in total. The molecule has 43 heavy (non-hydrogen) atoms. The third-order valence-electron chi connectivity index (χ3n) is 7.95. The molecule has 0 aliphatic carbocycles. The average Bonchev–Trinajstić information content (AvgIpc) is 3.82. The lowest BCUT2D eigenvalue weighted by atomic mass is 10.0. The smallest absolute Gasteiger partial charge is 0.267 e. The fourth-order valence-electron chi connectivity index (χ4n) is 5.46. The molecular formula is C32H30N6O3S2. The lowest BCUT2D eigenvalue weighted by Crippen LogP contribution is -2.48. The molecule has 3 aromatic heterocycles. The van der Waals surface area contributed by atoms with Gasteiger partial charge in [-0.15, -0.1) is 22.7 Å². The molecule has 2 aromatic carbocycles. The topological polar surface area (TPSA) is 119 Å². The number of H-pyrrole nitrogens is 1. The number of aromatic amines is 1. The van der Waals surface area contributed by atoms with E-state index in [9.17, 15) is 14.4 Å². The SMILES string of the molecule is O=C(NCc1ccc(-c2cnc(C3CN(C(=O)c4ccc(NC(=O)[C@@H]5CCCN5)s4)C3)s2)cc1)c1cc2ccccc2[nH]1. The van der Waals surface area contributed by atoms with Crippen molar-refractivity contribution in [3.63, 3.8) is 0 Å². The molecule has 2 fully saturated rings. The standard InChI is InChI=1S/C32H30N6O3S2/c39-29(25-14-21-4-1-2-5-23(21)36-25)34-15-19-7-9-20(10-8-19)27-16-35-31(43-27)22-17-38(18-22)32(41)26-11-12-28(42-26)37-30(40)24-6-3-13-33-24/h1-2,4-5,7-12,14,16,22,24,33,36H,3,6,13,15,17-18H2,(H,34,39)(H,37,40)/t24-/m0/s1. The second-order valence-electron chi connectivity index (χ2n) is 10.9. The zero-order valence-electron chi connectivity index (χ0n) is 23.3. The van der Waals surface area contributed by atoms with Crippen molar-refractivity contribution in [3.8, 4) is 10.4 Å². The number of amides is 3. The summed E-state index contributed by atoms with van der Waals surface area (Å²) in [7, 11) is 0. The van der Waals surface area contributed by atoms with E-state index in [1.165, 1.54) is 11.3 Å². The van der Waals surface area contributed by atoms with Crippen LogP contribution in [0.4, 0.5) is 5.00 Å². The van der Waals surface area contributed by atoms with E-state index in [0.717, 1.165) is 51.3 Å². The highest BCUT2D eigenvalue weighted by atomic mass is 32.1. The van der Waals surface area contributed by atoms with Crippen LogP contribution in [0.5, 0.6) is 0 Å². The second kappa shape index (κ2) is 11.8. The molecule has 2 aliphatic heterocycles. The van der Waals surface area contributed by atoms with Gasteiger partial charge in [-0.05, 0) is 54.8 Å². The van der Waals surface area contributed by atoms with Gasteiger partial charge in [0.2, 0.25) is 5.91 Å². The first kappa shape index (κ1) is 27.5. The van der Waals surface area contributed by atoms with E-state index in [0.29, 0.717) is 35.2 Å². The van der Waals surface area contributed by atoms with Crippen molar-refractivity contribution < 1.29 is 14.4 Å². The molecule has 218 valence electrons. The number of carbonyl (C=O) groups is 3. The minimum absolute atomic E-state index is 0.00950. The van der Waals surface area contributed by atoms with E-state index in [-0.39, 0.29) is 29.7 Å². The maximum atomic E-state index is 13.0. The van der Waals surface area contributed by atoms with Gasteiger partial charge in [0.15, 0.2) is 0 Å². The Hall–Kier alpha value is -4.32. The number of nitrogens with zero attached hydrogens (tertiary/aromatic N) is 2. The first-order valence-corrected chi connectivity index (χ1v) is 16.0. The number of hydrogen-bond acceptors (Lipinski definition) is 7. The van der Waals surface area contributed by atoms with E-state index in [2.05, 4.69) is 25.9 Å². The van der Waals surface area contributed by atoms with E-state index in [4.69, 9.17) is 0 Å². The zero-order chi connectivity index (χ0) is 29.3. The molecule has 0 unspecified atom stereocenters. The van der Waals surface area contributed by atoms with Gasteiger partial charge in [-0.3, -0.25) is 14.4 Å². The van der Waals surface area contributed by atoms with Crippen molar-refractivity contribution in [2.24, 2.45) is 0 Å². The summed E-state index contributed by atoms with van der Waals surface area (Å²) in [5.74, 6) is 0.0347. The lowest BCUT2D eigenvalue weighted by molar-refractivity contribution is -0.117. The maximum Gasteiger partial charge on any atom is 0.267 e. The van der Waals surface area contributed by atoms with Crippen LogP contribution in [-0.4, -0.2) is 58.3 Å². The molecule has 5 aromatic rings. The largest absolute Gasteiger partial charge is 0.351 e. The number of hydrogen-bond donors (Lipinski definition) is 4. The predicted octanol–water partition coefficient (Wildman–Crippen LogP) is 5.21. The van der Waals surface area contributed by atoms with Crippen molar-refractivity contribution >= 4 is 56.3 Å². The minimum Gasteiger partial charge on any atom is -0.351 e. The Balaban J connectivity index is 0.901. The number of thiazole rings is 1. The summed E-state index contributed by atoms with van der Waals surface area (Å²) in [5, 5.41) is 11.8. The van der Waals surface area contributed by atoms with Crippen LogP contribution >= 0.6 is 22.7 Å². The van der Waals surface area contributed by atoms with Crippen molar-refractivity contribution in [2.75, 3.05) is 25.0 Å². The maximum absolute atomic E-state index is 13.0. The van der Waals surface area contributed by atoms with Gasteiger partial charge in [0.25, 0.3) is 11.8 Å². The van der Waals surface area contributed by atoms with Crippen molar-refractivity contribution in [1.29, 1.82) is 0 Å². The molecule has 2 aliphatic rings. The van der Waals surface area contributed by atoms with Crippen LogP contribution in [-0.2, 0) is 11.3 Å². The number of thiophene rings is 1. The Morgan fingerprint density at radius 1 is 1.00 bits per heavy atom. The summed E-state index contributed by atoms with van der Waals surface area (Å²) in [5.41, 5.74) is 3.57. The molecule has 7 rings (SSSR count). The third kappa shape index (κ3) is 5.83. The van der Waals surface area contributed by atoms with Crippen LogP contribution in [0.25, 0.3) is 21.3 Å². The first-order valence-electron chi connectivity index (χ1n) is 14.3. The Bertz CT molecular complexity index is 1760. The van der Waals surface area contributed by atoms with Gasteiger partial charge in [0.05, 0.1) is 25.8 Å².